The van der Waals surface area contributed by atoms with Gasteiger partial charge < -0.3 is 10.3 Å². The van der Waals surface area contributed by atoms with Crippen LogP contribution in [0.15, 0.2) is 12.5 Å². The molecule has 1 aromatic rings. The Bertz CT molecular complexity index is 314. The molecule has 0 spiro atoms. The average molecular weight is 209 g/mol. The summed E-state index contributed by atoms with van der Waals surface area (Å²) in [7, 11) is 0. The maximum Gasteiger partial charge on any atom is 0.0953 e. The van der Waals surface area contributed by atoms with Gasteiger partial charge >= 0.3 is 0 Å². The van der Waals surface area contributed by atoms with Gasteiger partial charge in [0.25, 0.3) is 0 Å². The van der Waals surface area contributed by atoms with E-state index in [9.17, 15) is 0 Å². The molecule has 1 rings (SSSR count). The SMILES string of the molecule is CC(C)c1cncn1C(C)(CN)C(C)C. The molecule has 1 atom stereocenters. The fourth-order valence-corrected chi connectivity index (χ4v) is 1.77. The second-order valence-electron chi connectivity index (χ2n) is 5.06. The van der Waals surface area contributed by atoms with E-state index in [1.54, 1.807) is 0 Å². The number of nitrogens with two attached hydrogens (primary N) is 1. The van der Waals surface area contributed by atoms with Crippen molar-refractivity contribution in [2.45, 2.75) is 46.1 Å². The van der Waals surface area contributed by atoms with E-state index in [1.807, 2.05) is 12.5 Å². The van der Waals surface area contributed by atoms with Gasteiger partial charge in [-0.2, -0.15) is 0 Å². The third kappa shape index (κ3) is 2.07. The summed E-state index contributed by atoms with van der Waals surface area (Å²) in [5.41, 5.74) is 7.15. The summed E-state index contributed by atoms with van der Waals surface area (Å²) in [6.07, 6.45) is 3.85. The Labute approximate surface area is 92.7 Å². The van der Waals surface area contributed by atoms with Gasteiger partial charge in [-0.3, -0.25) is 0 Å². The van der Waals surface area contributed by atoms with Crippen molar-refractivity contribution >= 4 is 0 Å². The first-order chi connectivity index (χ1) is 6.93. The molecule has 0 bridgehead atoms. The zero-order valence-electron chi connectivity index (χ0n) is 10.5. The van der Waals surface area contributed by atoms with Crippen molar-refractivity contribution in [2.24, 2.45) is 11.7 Å². The van der Waals surface area contributed by atoms with Gasteiger partial charge in [0, 0.05) is 18.4 Å². The van der Waals surface area contributed by atoms with Gasteiger partial charge in [-0.25, -0.2) is 4.98 Å². The predicted molar refractivity (Wildman–Crippen MR) is 63.9 cm³/mol. The first-order valence-electron chi connectivity index (χ1n) is 5.66. The van der Waals surface area contributed by atoms with E-state index in [1.165, 1.54) is 5.69 Å². The molecule has 0 saturated heterocycles. The van der Waals surface area contributed by atoms with Crippen molar-refractivity contribution in [2.75, 3.05) is 6.54 Å². The highest BCUT2D eigenvalue weighted by Gasteiger charge is 2.30. The Kier molecular flexibility index (Phi) is 3.55. The van der Waals surface area contributed by atoms with Gasteiger partial charge in [0.05, 0.1) is 11.9 Å². The molecule has 15 heavy (non-hydrogen) atoms. The van der Waals surface area contributed by atoms with Gasteiger partial charge in [-0.1, -0.05) is 27.7 Å². The standard InChI is InChI=1S/C12H23N3/c1-9(2)11-6-14-8-15(11)12(5,7-13)10(3)4/h6,8-10H,7,13H2,1-5H3. The van der Waals surface area contributed by atoms with Crippen LogP contribution in [0.5, 0.6) is 0 Å². The second-order valence-corrected chi connectivity index (χ2v) is 5.06. The minimum absolute atomic E-state index is 0.0316. The van der Waals surface area contributed by atoms with Crippen molar-refractivity contribution in [3.05, 3.63) is 18.2 Å². The van der Waals surface area contributed by atoms with Crippen molar-refractivity contribution < 1.29 is 0 Å². The van der Waals surface area contributed by atoms with Crippen LogP contribution in [0, 0.1) is 5.92 Å². The van der Waals surface area contributed by atoms with Crippen LogP contribution in [0.4, 0.5) is 0 Å². The maximum atomic E-state index is 5.92. The smallest absolute Gasteiger partial charge is 0.0953 e. The first kappa shape index (κ1) is 12.2. The molecule has 0 aliphatic carbocycles. The fourth-order valence-electron chi connectivity index (χ4n) is 1.77. The molecule has 3 nitrogen and oxygen atoms in total. The molecule has 0 aliphatic rings. The van der Waals surface area contributed by atoms with Crippen LogP contribution in [0.2, 0.25) is 0 Å². The zero-order chi connectivity index (χ0) is 11.6. The normalized spacial score (nSPS) is 16.0. The van der Waals surface area contributed by atoms with Crippen LogP contribution in [-0.2, 0) is 5.54 Å². The Morgan fingerprint density at radius 1 is 1.40 bits per heavy atom. The number of rotatable bonds is 4. The number of hydrogen-bond donors (Lipinski definition) is 1. The fraction of sp³-hybridized carbons (Fsp3) is 0.750. The van der Waals surface area contributed by atoms with Crippen molar-refractivity contribution in [3.63, 3.8) is 0 Å². The summed E-state index contributed by atoms with van der Waals surface area (Å²) in [6.45, 7) is 11.6. The van der Waals surface area contributed by atoms with Crippen molar-refractivity contribution in [1.29, 1.82) is 0 Å². The Hall–Kier alpha value is -0.830. The Balaban J connectivity index is 3.18. The monoisotopic (exact) mass is 209 g/mol. The molecular formula is C12H23N3. The van der Waals surface area contributed by atoms with E-state index in [0.29, 0.717) is 18.4 Å². The van der Waals surface area contributed by atoms with Crippen LogP contribution < -0.4 is 5.73 Å². The van der Waals surface area contributed by atoms with Gasteiger partial charge in [-0.05, 0) is 18.8 Å². The lowest BCUT2D eigenvalue weighted by molar-refractivity contribution is 0.223. The molecule has 1 unspecified atom stereocenters. The van der Waals surface area contributed by atoms with Crippen LogP contribution >= 0.6 is 0 Å². The molecule has 0 fully saturated rings. The number of nitrogens with zero attached hydrogens (tertiary/aromatic N) is 2. The van der Waals surface area contributed by atoms with E-state index in [2.05, 4.69) is 44.2 Å². The Morgan fingerprint density at radius 3 is 2.40 bits per heavy atom. The van der Waals surface area contributed by atoms with Gasteiger partial charge in [0.2, 0.25) is 0 Å². The molecule has 2 N–H and O–H groups in total. The van der Waals surface area contributed by atoms with Crippen LogP contribution in [-0.4, -0.2) is 16.1 Å². The van der Waals surface area contributed by atoms with Gasteiger partial charge in [0.15, 0.2) is 0 Å². The Morgan fingerprint density at radius 2 is 2.00 bits per heavy atom. The molecule has 3 heteroatoms. The molecule has 0 radical (unpaired) electrons. The topological polar surface area (TPSA) is 43.8 Å². The third-order valence-electron chi connectivity index (χ3n) is 3.47. The van der Waals surface area contributed by atoms with E-state index in [0.717, 1.165) is 0 Å². The lowest BCUT2D eigenvalue weighted by Gasteiger charge is -2.36. The van der Waals surface area contributed by atoms with Crippen LogP contribution in [0.25, 0.3) is 0 Å². The summed E-state index contributed by atoms with van der Waals surface area (Å²) in [6, 6.07) is 0. The minimum atomic E-state index is -0.0316. The maximum absolute atomic E-state index is 5.92. The van der Waals surface area contributed by atoms with Crippen LogP contribution in [0.1, 0.15) is 46.2 Å². The molecule has 1 heterocycles. The highest BCUT2D eigenvalue weighted by Crippen LogP contribution is 2.28. The van der Waals surface area contributed by atoms with Gasteiger partial charge in [0.1, 0.15) is 0 Å². The summed E-state index contributed by atoms with van der Waals surface area (Å²) in [5.74, 6) is 0.978. The highest BCUT2D eigenvalue weighted by molar-refractivity contribution is 5.09. The first-order valence-corrected chi connectivity index (χ1v) is 5.66. The van der Waals surface area contributed by atoms with E-state index in [-0.39, 0.29) is 5.54 Å². The van der Waals surface area contributed by atoms with Crippen molar-refractivity contribution in [1.82, 2.24) is 9.55 Å². The summed E-state index contributed by atoms with van der Waals surface area (Å²) < 4.78 is 2.24. The van der Waals surface area contributed by atoms with E-state index < -0.39 is 0 Å². The van der Waals surface area contributed by atoms with E-state index >= 15 is 0 Å². The number of imidazole rings is 1. The third-order valence-corrected chi connectivity index (χ3v) is 3.47. The zero-order valence-corrected chi connectivity index (χ0v) is 10.5. The highest BCUT2D eigenvalue weighted by atomic mass is 15.1. The molecule has 86 valence electrons. The number of hydrogen-bond acceptors (Lipinski definition) is 2. The quantitative estimate of drug-likeness (QED) is 0.827. The average Bonchev–Trinajstić information content (AvgIpc) is 2.64. The van der Waals surface area contributed by atoms with Crippen LogP contribution in [0.3, 0.4) is 0 Å². The molecule has 0 aliphatic heterocycles. The summed E-state index contributed by atoms with van der Waals surface area (Å²) in [5, 5.41) is 0. The molecule has 0 aromatic carbocycles. The molecular weight excluding hydrogens is 186 g/mol. The van der Waals surface area contributed by atoms with Gasteiger partial charge in [-0.15, -0.1) is 0 Å². The van der Waals surface area contributed by atoms with Crippen molar-refractivity contribution in [3.8, 4) is 0 Å². The largest absolute Gasteiger partial charge is 0.328 e. The lowest BCUT2D eigenvalue weighted by Crippen LogP contribution is -2.43. The van der Waals surface area contributed by atoms with E-state index in [4.69, 9.17) is 5.73 Å². The lowest BCUT2D eigenvalue weighted by atomic mass is 9.87. The molecule has 1 aromatic heterocycles. The minimum Gasteiger partial charge on any atom is -0.328 e. The summed E-state index contributed by atoms with van der Waals surface area (Å²) >= 11 is 0. The second kappa shape index (κ2) is 4.35. The number of aromatic nitrogens is 2. The molecule has 0 saturated carbocycles. The molecule has 0 amide bonds. The predicted octanol–water partition coefficient (Wildman–Crippen LogP) is 2.34. The summed E-state index contributed by atoms with van der Waals surface area (Å²) in [4.78, 5) is 4.25.